The van der Waals surface area contributed by atoms with E-state index in [9.17, 15) is 95.2 Å². The van der Waals surface area contributed by atoms with E-state index < -0.39 is 157 Å². The van der Waals surface area contributed by atoms with E-state index in [0.717, 1.165) is 64.2 Å². The second-order valence-corrected chi connectivity index (χ2v) is 26.3. The zero-order chi connectivity index (χ0) is 62.4. The molecule has 0 radical (unpaired) electrons. The summed E-state index contributed by atoms with van der Waals surface area (Å²) in [5, 5.41) is 151. The third-order valence-corrected chi connectivity index (χ3v) is 18.4. The van der Waals surface area contributed by atoms with Crippen molar-refractivity contribution in [2.24, 2.45) is 0 Å². The van der Waals surface area contributed by atoms with Crippen molar-refractivity contribution in [2.75, 3.05) is 13.2 Å². The summed E-state index contributed by atoms with van der Waals surface area (Å²) in [6.07, 6.45) is -8.66. The molecule has 17 N–H and O–H groups in total. The minimum absolute atomic E-state index is 0.103. The van der Waals surface area contributed by atoms with E-state index in [4.69, 9.17) is 27.6 Å². The van der Waals surface area contributed by atoms with E-state index in [0.29, 0.717) is 12.8 Å². The van der Waals surface area contributed by atoms with Crippen molar-refractivity contribution in [3.8, 4) is 0 Å². The highest BCUT2D eigenvalue weighted by molar-refractivity contribution is 7.47. The number of hydrogen-bond donors (Lipinski definition) is 17. The highest BCUT2D eigenvalue weighted by atomic mass is 31.2. The molecular weight excluding hydrogens is 1150 g/mol. The summed E-state index contributed by atoms with van der Waals surface area (Å²) in [7, 11) is -11.1. The van der Waals surface area contributed by atoms with E-state index in [1.54, 1.807) is 0 Å². The van der Waals surface area contributed by atoms with Crippen LogP contribution >= 0.6 is 15.6 Å². The lowest BCUT2D eigenvalue weighted by Gasteiger charge is -2.47. The number of nitrogens with one attached hydrogen (secondary N) is 1. The van der Waals surface area contributed by atoms with Gasteiger partial charge in [0.05, 0.1) is 25.4 Å². The number of unbranched alkanes of at least 4 members (excludes halogenated alkanes) is 27. The van der Waals surface area contributed by atoms with Gasteiger partial charge in [-0.2, -0.15) is 0 Å². The lowest BCUT2D eigenvalue weighted by molar-refractivity contribution is -0.337. The first-order valence-corrected chi connectivity index (χ1v) is 34.3. The van der Waals surface area contributed by atoms with Crippen molar-refractivity contribution in [1.82, 2.24) is 5.32 Å². The predicted octanol–water partition coefficient (Wildman–Crippen LogP) is 2.80. The van der Waals surface area contributed by atoms with Crippen LogP contribution in [0.15, 0.2) is 0 Å². The quantitative estimate of drug-likeness (QED) is 0.0308. The van der Waals surface area contributed by atoms with Crippen molar-refractivity contribution >= 4 is 21.6 Å². The van der Waals surface area contributed by atoms with Crippen molar-refractivity contribution in [2.45, 2.75) is 335 Å². The molecule has 2 aliphatic carbocycles. The summed E-state index contributed by atoms with van der Waals surface area (Å²) in [5.74, 6) is -0.877. The van der Waals surface area contributed by atoms with E-state index in [1.165, 1.54) is 109 Å². The smallest absolute Gasteiger partial charge is 0.391 e. The molecular formula is C56H109NO25P2. The molecule has 1 aliphatic heterocycles. The zero-order valence-corrected chi connectivity index (χ0v) is 51.4. The van der Waals surface area contributed by atoms with Crippen LogP contribution in [0, 0.1) is 0 Å². The van der Waals surface area contributed by atoms with Crippen LogP contribution in [0.1, 0.15) is 213 Å². The normalized spacial score (nSPS) is 32.8. The Morgan fingerprint density at radius 3 is 1.19 bits per heavy atom. The van der Waals surface area contributed by atoms with Gasteiger partial charge in [0, 0.05) is 0 Å². The molecule has 498 valence electrons. The molecule has 14 unspecified atom stereocenters. The van der Waals surface area contributed by atoms with Crippen molar-refractivity contribution < 1.29 is 123 Å². The summed E-state index contributed by atoms with van der Waals surface area (Å²) < 4.78 is 57.8. The van der Waals surface area contributed by atoms with Gasteiger partial charge in [0.1, 0.15) is 104 Å². The van der Waals surface area contributed by atoms with E-state index >= 15 is 0 Å². The fourth-order valence-corrected chi connectivity index (χ4v) is 12.8. The average Bonchev–Trinajstić information content (AvgIpc) is 3.66. The largest absolute Gasteiger partial charge is 0.472 e. The highest BCUT2D eigenvalue weighted by Crippen LogP contribution is 2.49. The van der Waals surface area contributed by atoms with Gasteiger partial charge in [-0.3, -0.25) is 22.9 Å². The molecule has 0 bridgehead atoms. The Hall–Kier alpha value is -0.950. The van der Waals surface area contributed by atoms with Crippen LogP contribution in [0.2, 0.25) is 0 Å². The summed E-state index contributed by atoms with van der Waals surface area (Å²) >= 11 is 0. The molecule has 2 saturated carbocycles. The Bertz CT molecular complexity index is 1820. The number of phosphoric ester groups is 2. The van der Waals surface area contributed by atoms with E-state index in [-0.39, 0.29) is 12.8 Å². The van der Waals surface area contributed by atoms with Crippen molar-refractivity contribution in [1.29, 1.82) is 0 Å². The lowest BCUT2D eigenvalue weighted by atomic mass is 9.84. The van der Waals surface area contributed by atoms with Gasteiger partial charge in [-0.25, -0.2) is 9.13 Å². The lowest BCUT2D eigenvalue weighted by Crippen LogP contribution is -2.67. The summed E-state index contributed by atoms with van der Waals surface area (Å²) in [4.78, 5) is 34.9. The number of rotatable bonds is 46. The second kappa shape index (κ2) is 41.4. The Labute approximate surface area is 496 Å². The molecule has 1 amide bonds. The fourth-order valence-electron chi connectivity index (χ4n) is 10.9. The number of hydrogen-bond acceptors (Lipinski definition) is 23. The predicted molar refractivity (Wildman–Crippen MR) is 305 cm³/mol. The van der Waals surface area contributed by atoms with Gasteiger partial charge < -0.3 is 96.1 Å². The number of carbonyl (C=O) groups is 1. The maximum absolute atomic E-state index is 13.8. The molecule has 22 atom stereocenters. The van der Waals surface area contributed by atoms with Crippen LogP contribution in [-0.4, -0.2) is 223 Å². The minimum Gasteiger partial charge on any atom is -0.391 e. The van der Waals surface area contributed by atoms with Crippen molar-refractivity contribution in [3.05, 3.63) is 0 Å². The standard InChI is InChI=1S/C56H109NO25P2/c1-3-5-7-9-11-13-15-17-19-21-22-24-26-28-30-32-37(58)36(57-55(72)38(59)33-31-29-27-25-23-20-18-16-14-12-10-8-6-4-2)34-77-83(73,74)82-54-50(70)46(66)45(65)49(69)53(54)80-56-51(71)41(61)40(60)39(79-56)35-78-84(75,76)81-52-47(67)43(63)42(62)44(64)48(52)68/h36-54,56,58-71H,3-35H2,1-2H3,(H,57,72)(H,73,74)(H,75,76)/t36-,37+,38?,39+,40+,41?,42?,43+,44?,45?,46?,47?,48?,49+,50?,51?,52?,53?,54-,56+/m0/s1. The first-order chi connectivity index (χ1) is 39.9. The Morgan fingerprint density at radius 1 is 0.429 bits per heavy atom. The van der Waals surface area contributed by atoms with Crippen LogP contribution < -0.4 is 5.32 Å². The van der Waals surface area contributed by atoms with E-state index in [1.807, 2.05) is 0 Å². The van der Waals surface area contributed by atoms with Gasteiger partial charge >= 0.3 is 15.6 Å². The van der Waals surface area contributed by atoms with Gasteiger partial charge in [-0.1, -0.05) is 200 Å². The molecule has 3 rings (SSSR count). The number of amides is 1. The van der Waals surface area contributed by atoms with Gasteiger partial charge in [0.15, 0.2) is 6.29 Å². The molecule has 1 heterocycles. The number of carbonyl (C=O) groups excluding carboxylic acids is 1. The SMILES string of the molecule is CCCCCCCCCCCCCCCCC[C@@H](O)[C@H](COP(=O)(O)O[C@H]1C(O)C(O)C(O)[C@@H](O)C1O[C@H]1O[C@H](COP(=O)(O)OC2C(O)C(O)C(O)[C@@H](O)C2O)[C@@H](O)C(O)C1O)NC(=O)C(O)CCCCCCCCCCCCCCCC. The van der Waals surface area contributed by atoms with Gasteiger partial charge in [0.25, 0.3) is 0 Å². The monoisotopic (exact) mass is 1260 g/mol. The molecule has 0 aromatic carbocycles. The maximum Gasteiger partial charge on any atom is 0.472 e. The number of aliphatic hydroxyl groups is 14. The Morgan fingerprint density at radius 2 is 0.762 bits per heavy atom. The molecule has 1 saturated heterocycles. The fraction of sp³-hybridized carbons (Fsp3) is 0.982. The Kier molecular flexibility index (Phi) is 38.1. The second-order valence-electron chi connectivity index (χ2n) is 23.5. The third kappa shape index (κ3) is 27.3. The molecule has 0 spiro atoms. The molecule has 84 heavy (non-hydrogen) atoms. The summed E-state index contributed by atoms with van der Waals surface area (Å²) in [6, 6.07) is -1.41. The maximum atomic E-state index is 13.8. The first-order valence-electron chi connectivity index (χ1n) is 31.3. The van der Waals surface area contributed by atoms with Crippen LogP contribution in [0.3, 0.4) is 0 Å². The van der Waals surface area contributed by atoms with Crippen molar-refractivity contribution in [3.63, 3.8) is 0 Å². The molecule has 3 aliphatic rings. The highest BCUT2D eigenvalue weighted by Gasteiger charge is 2.56. The van der Waals surface area contributed by atoms with Crippen LogP contribution in [0.5, 0.6) is 0 Å². The Balaban J connectivity index is 1.64. The molecule has 0 aromatic heterocycles. The van der Waals surface area contributed by atoms with Crippen LogP contribution in [-0.2, 0) is 41.5 Å². The van der Waals surface area contributed by atoms with E-state index in [2.05, 4.69) is 19.2 Å². The van der Waals surface area contributed by atoms with Gasteiger partial charge in [0.2, 0.25) is 5.91 Å². The summed E-state index contributed by atoms with van der Waals surface area (Å²) in [6.45, 7) is 2.24. The molecule has 0 aromatic rings. The zero-order valence-electron chi connectivity index (χ0n) is 49.6. The van der Waals surface area contributed by atoms with Gasteiger partial charge in [-0.05, 0) is 12.8 Å². The first kappa shape index (κ1) is 77.3. The molecule has 26 nitrogen and oxygen atoms in total. The molecule has 3 fully saturated rings. The van der Waals surface area contributed by atoms with Crippen LogP contribution in [0.25, 0.3) is 0 Å². The number of ether oxygens (including phenoxy) is 2. The average molecular weight is 1260 g/mol. The van der Waals surface area contributed by atoms with Gasteiger partial charge in [-0.15, -0.1) is 0 Å². The third-order valence-electron chi connectivity index (χ3n) is 16.4. The minimum atomic E-state index is -5.58. The molecule has 28 heteroatoms. The van der Waals surface area contributed by atoms with Crippen LogP contribution in [0.4, 0.5) is 0 Å². The summed E-state index contributed by atoms with van der Waals surface area (Å²) in [5.41, 5.74) is 0. The topological polar surface area (TPSA) is 442 Å². The number of aliphatic hydroxyl groups excluding tert-OH is 14. The number of phosphoric acid groups is 2.